The molecule has 0 N–H and O–H groups in total. The summed E-state index contributed by atoms with van der Waals surface area (Å²) in [6.45, 7) is 3.74. The topological polar surface area (TPSA) is 79.1 Å². The fourth-order valence-electron chi connectivity index (χ4n) is 3.95. The molecule has 7 nitrogen and oxygen atoms in total. The highest BCUT2D eigenvalue weighted by Crippen LogP contribution is 2.31. The molecule has 0 aliphatic carbocycles. The van der Waals surface area contributed by atoms with Crippen LogP contribution >= 0.6 is 11.3 Å². The molecule has 4 rings (SSSR count). The zero-order chi connectivity index (χ0) is 24.9. The molecule has 0 saturated heterocycles. The molecule has 8 heteroatoms. The van der Waals surface area contributed by atoms with Crippen LogP contribution in [0.25, 0.3) is 12.2 Å². The highest BCUT2D eigenvalue weighted by Gasteiger charge is 2.30. The molecule has 1 aliphatic rings. The monoisotopic (exact) mass is 490 g/mol. The Morgan fingerprint density at radius 3 is 2.57 bits per heavy atom. The Balaban J connectivity index is 1.90. The summed E-state index contributed by atoms with van der Waals surface area (Å²) in [6.07, 6.45) is 5.49. The average molecular weight is 491 g/mol. The van der Waals surface area contributed by atoms with E-state index in [1.807, 2.05) is 54.6 Å². The number of hydrogen-bond donors (Lipinski definition) is 0. The van der Waals surface area contributed by atoms with Gasteiger partial charge in [-0.1, -0.05) is 66.0 Å². The van der Waals surface area contributed by atoms with Crippen molar-refractivity contribution in [2.45, 2.75) is 19.9 Å². The number of carbonyl (C=O) groups excluding carboxylic acids is 1. The highest BCUT2D eigenvalue weighted by atomic mass is 32.1. The summed E-state index contributed by atoms with van der Waals surface area (Å²) < 4.78 is 18.2. The maximum absolute atomic E-state index is 13.6. The second-order valence-corrected chi connectivity index (χ2v) is 8.71. The van der Waals surface area contributed by atoms with Crippen LogP contribution in [0.4, 0.5) is 0 Å². The third-order valence-corrected chi connectivity index (χ3v) is 6.53. The molecule has 0 saturated carbocycles. The molecule has 0 amide bonds. The van der Waals surface area contributed by atoms with Gasteiger partial charge < -0.3 is 14.2 Å². The van der Waals surface area contributed by atoms with E-state index in [1.54, 1.807) is 44.8 Å². The Morgan fingerprint density at radius 1 is 1.11 bits per heavy atom. The predicted octanol–water partition coefficient (Wildman–Crippen LogP) is 3.48. The van der Waals surface area contributed by atoms with E-state index in [2.05, 4.69) is 4.99 Å². The van der Waals surface area contributed by atoms with Gasteiger partial charge in [-0.25, -0.2) is 9.79 Å². The summed E-state index contributed by atoms with van der Waals surface area (Å²) in [7, 11) is 3.12. The fraction of sp³-hybridized carbons (Fsp3) is 0.222. The number of methoxy groups -OCH3 is 2. The molecule has 0 radical (unpaired) electrons. The Morgan fingerprint density at radius 2 is 1.89 bits per heavy atom. The zero-order valence-corrected chi connectivity index (χ0v) is 20.8. The lowest BCUT2D eigenvalue weighted by Crippen LogP contribution is -2.38. The average Bonchev–Trinajstić information content (AvgIpc) is 3.17. The number of benzene rings is 2. The summed E-state index contributed by atoms with van der Waals surface area (Å²) in [5.74, 6) is 0.614. The van der Waals surface area contributed by atoms with Crippen molar-refractivity contribution in [2.75, 3.05) is 20.8 Å². The van der Waals surface area contributed by atoms with Gasteiger partial charge in [-0.3, -0.25) is 9.36 Å². The van der Waals surface area contributed by atoms with Crippen molar-refractivity contribution in [3.63, 3.8) is 0 Å². The van der Waals surface area contributed by atoms with Crippen molar-refractivity contribution in [1.29, 1.82) is 0 Å². The van der Waals surface area contributed by atoms with Crippen LogP contribution in [0.15, 0.2) is 75.7 Å². The number of rotatable bonds is 7. The molecular formula is C27H26N2O5S. The number of carbonyl (C=O) groups is 1. The second-order valence-electron chi connectivity index (χ2n) is 7.70. The summed E-state index contributed by atoms with van der Waals surface area (Å²) in [5, 5.41) is 0. The van der Waals surface area contributed by atoms with Crippen LogP contribution in [0.3, 0.4) is 0 Å². The van der Waals surface area contributed by atoms with Crippen molar-refractivity contribution < 1.29 is 19.0 Å². The summed E-state index contributed by atoms with van der Waals surface area (Å²) in [6, 6.07) is 14.5. The van der Waals surface area contributed by atoms with Crippen LogP contribution in [0.5, 0.6) is 11.5 Å². The molecular weight excluding hydrogens is 464 g/mol. The molecule has 0 spiro atoms. The first-order valence-electron chi connectivity index (χ1n) is 11.1. The first-order valence-corrected chi connectivity index (χ1v) is 11.9. The number of thiazole rings is 1. The van der Waals surface area contributed by atoms with E-state index in [0.29, 0.717) is 37.7 Å². The van der Waals surface area contributed by atoms with Gasteiger partial charge in [-0.2, -0.15) is 0 Å². The summed E-state index contributed by atoms with van der Waals surface area (Å²) >= 11 is 1.26. The number of para-hydroxylation sites is 1. The maximum Gasteiger partial charge on any atom is 0.338 e. The SMILES string of the molecule is CCOC(=O)C1=C(C)N=c2s/c(=C\c3cccc(OC)c3OC)c(=O)n2[C@H]1/C=C/c1ccccc1. The minimum Gasteiger partial charge on any atom is -0.493 e. The minimum atomic E-state index is -0.653. The molecule has 1 aliphatic heterocycles. The molecule has 0 unspecified atom stereocenters. The molecule has 0 bridgehead atoms. The maximum atomic E-state index is 13.6. The van der Waals surface area contributed by atoms with Crippen molar-refractivity contribution in [3.8, 4) is 11.5 Å². The van der Waals surface area contributed by atoms with E-state index in [-0.39, 0.29) is 12.2 Å². The van der Waals surface area contributed by atoms with Gasteiger partial charge in [0, 0.05) is 5.56 Å². The highest BCUT2D eigenvalue weighted by molar-refractivity contribution is 7.07. The van der Waals surface area contributed by atoms with Crippen molar-refractivity contribution in [2.24, 2.45) is 4.99 Å². The number of aromatic nitrogens is 1. The van der Waals surface area contributed by atoms with Gasteiger partial charge in [0.05, 0.1) is 42.7 Å². The lowest BCUT2D eigenvalue weighted by Gasteiger charge is -2.21. The largest absolute Gasteiger partial charge is 0.493 e. The molecule has 180 valence electrons. The standard InChI is InChI=1S/C27H26N2O5S/c1-5-34-26(31)23-17(2)28-27-29(20(23)15-14-18-10-7-6-8-11-18)25(30)22(35-27)16-19-12-9-13-21(32-3)24(19)33-4/h6-16,20H,5H2,1-4H3/b15-14+,22-16-/t20-/m0/s1. The lowest BCUT2D eigenvalue weighted by atomic mass is 10.0. The van der Waals surface area contributed by atoms with Crippen molar-refractivity contribution >= 4 is 29.5 Å². The first kappa shape index (κ1) is 24.2. The van der Waals surface area contributed by atoms with Gasteiger partial charge in [-0.15, -0.1) is 0 Å². The minimum absolute atomic E-state index is 0.227. The summed E-state index contributed by atoms with van der Waals surface area (Å²) in [4.78, 5) is 31.6. The molecule has 0 fully saturated rings. The Hall–Kier alpha value is -3.91. The number of fused-ring (bicyclic) bond motifs is 1. The van der Waals surface area contributed by atoms with Gasteiger partial charge in [-0.05, 0) is 31.6 Å². The fourth-order valence-corrected chi connectivity index (χ4v) is 5.00. The van der Waals surface area contributed by atoms with Crippen LogP contribution in [0.2, 0.25) is 0 Å². The molecule has 2 aromatic carbocycles. The van der Waals surface area contributed by atoms with Crippen LogP contribution in [0, 0.1) is 0 Å². The van der Waals surface area contributed by atoms with Crippen molar-refractivity contribution in [3.05, 3.63) is 96.7 Å². The van der Waals surface area contributed by atoms with Gasteiger partial charge in [0.1, 0.15) is 0 Å². The number of nitrogens with zero attached hydrogens (tertiary/aromatic N) is 2. The first-order chi connectivity index (χ1) is 17.0. The smallest absolute Gasteiger partial charge is 0.338 e. The molecule has 35 heavy (non-hydrogen) atoms. The number of esters is 1. The van der Waals surface area contributed by atoms with Gasteiger partial charge in [0.2, 0.25) is 0 Å². The van der Waals surface area contributed by atoms with Gasteiger partial charge >= 0.3 is 5.97 Å². The quantitative estimate of drug-likeness (QED) is 0.474. The normalized spacial score (nSPS) is 15.7. The van der Waals surface area contributed by atoms with Crippen molar-refractivity contribution in [1.82, 2.24) is 4.57 Å². The zero-order valence-electron chi connectivity index (χ0n) is 20.0. The Bertz CT molecular complexity index is 1480. The molecule has 2 heterocycles. The van der Waals surface area contributed by atoms with E-state index in [4.69, 9.17) is 14.2 Å². The van der Waals surface area contributed by atoms with E-state index in [9.17, 15) is 9.59 Å². The second kappa shape index (κ2) is 10.6. The number of allylic oxidation sites excluding steroid dienone is 2. The van der Waals surface area contributed by atoms with E-state index in [0.717, 1.165) is 5.56 Å². The van der Waals surface area contributed by atoms with Crippen LogP contribution in [0.1, 0.15) is 31.0 Å². The van der Waals surface area contributed by atoms with E-state index >= 15 is 0 Å². The number of hydrogen-bond acceptors (Lipinski definition) is 7. The molecule has 1 aromatic heterocycles. The Labute approximate surface area is 206 Å². The summed E-state index contributed by atoms with van der Waals surface area (Å²) in [5.41, 5.74) is 2.27. The van der Waals surface area contributed by atoms with E-state index in [1.165, 1.54) is 11.3 Å². The van der Waals surface area contributed by atoms with Gasteiger partial charge in [0.25, 0.3) is 5.56 Å². The predicted molar refractivity (Wildman–Crippen MR) is 136 cm³/mol. The Kier molecular flexibility index (Phi) is 7.31. The third-order valence-electron chi connectivity index (χ3n) is 5.55. The van der Waals surface area contributed by atoms with E-state index < -0.39 is 12.0 Å². The third kappa shape index (κ3) is 4.83. The van der Waals surface area contributed by atoms with Crippen LogP contribution in [-0.2, 0) is 9.53 Å². The van der Waals surface area contributed by atoms with Gasteiger partial charge in [0.15, 0.2) is 16.3 Å². The lowest BCUT2D eigenvalue weighted by molar-refractivity contribution is -0.139. The molecule has 1 atom stereocenters. The molecule has 3 aromatic rings. The number of ether oxygens (including phenoxy) is 3. The van der Waals surface area contributed by atoms with Crippen LogP contribution < -0.4 is 24.4 Å². The van der Waals surface area contributed by atoms with Crippen LogP contribution in [-0.4, -0.2) is 31.4 Å².